The van der Waals surface area contributed by atoms with Gasteiger partial charge in [-0.25, -0.2) is 26.4 Å². The normalized spacial score (nSPS) is 27.4. The molecule has 432 valence electrons. The number of esters is 1. The second-order valence-corrected chi connectivity index (χ2v) is 34.7. The summed E-state index contributed by atoms with van der Waals surface area (Å²) in [4.78, 5) is 82.9. The molecule has 4 aliphatic carbocycles. The minimum Gasteiger partial charge on any atom is -0.480 e. The Hall–Kier alpha value is -1.42. The van der Waals surface area contributed by atoms with E-state index in [1.54, 1.807) is 46.4 Å². The summed E-state index contributed by atoms with van der Waals surface area (Å²) < 4.78 is 55.9. The van der Waals surface area contributed by atoms with E-state index in [0.29, 0.717) is 25.9 Å². The topological polar surface area (TPSA) is 207 Å². The van der Waals surface area contributed by atoms with Gasteiger partial charge in [0.2, 0.25) is 11.8 Å². The molecule has 6 fully saturated rings. The van der Waals surface area contributed by atoms with Gasteiger partial charge in [0.1, 0.15) is 23.7 Å². The van der Waals surface area contributed by atoms with Gasteiger partial charge in [-0.1, -0.05) is 108 Å². The molecule has 0 aromatic carbocycles. The number of hydrogen-bond acceptors (Lipinski definition) is 11. The average molecular weight is 1320 g/mol. The molecule has 1 N–H and O–H groups in total. The number of nitrogens with zero attached hydrogens (tertiary/aromatic N) is 2. The van der Waals surface area contributed by atoms with E-state index < -0.39 is 80.7 Å². The summed E-state index contributed by atoms with van der Waals surface area (Å²) in [5.41, 5.74) is -2.27. The van der Waals surface area contributed by atoms with E-state index in [1.165, 1.54) is 12.0 Å². The molecular formula is C57H96I2N2O12S2. The Morgan fingerprint density at radius 2 is 0.867 bits per heavy atom. The van der Waals surface area contributed by atoms with Gasteiger partial charge in [0.15, 0.2) is 19.7 Å². The van der Waals surface area contributed by atoms with E-state index >= 15 is 0 Å². The molecular weight excluding hydrogens is 1220 g/mol. The summed E-state index contributed by atoms with van der Waals surface area (Å²) >= 11 is 4.24. The summed E-state index contributed by atoms with van der Waals surface area (Å²) in [7, 11) is -5.45. The van der Waals surface area contributed by atoms with E-state index in [4.69, 9.17) is 4.74 Å². The van der Waals surface area contributed by atoms with Crippen LogP contribution in [0, 0.1) is 68.0 Å². The fourth-order valence-corrected chi connectivity index (χ4v) is 16.9. The molecule has 2 saturated heterocycles. The number of ether oxygens (including phenoxy) is 1. The van der Waals surface area contributed by atoms with Gasteiger partial charge in [0.05, 0.1) is 28.1 Å². The summed E-state index contributed by atoms with van der Waals surface area (Å²) in [5.74, 6) is -2.72. The van der Waals surface area contributed by atoms with Crippen LogP contribution in [0.5, 0.6) is 0 Å². The molecule has 18 heteroatoms. The van der Waals surface area contributed by atoms with Crippen LogP contribution in [0.1, 0.15) is 201 Å². The minimum absolute atomic E-state index is 0.00493. The van der Waals surface area contributed by atoms with E-state index in [-0.39, 0.29) is 101 Å². The number of carbonyl (C=O) groups is 6. The average Bonchev–Trinajstić information content (AvgIpc) is 3.71. The number of hydrogen-bond donors (Lipinski definition) is 1. The maximum Gasteiger partial charge on any atom is 0.328 e. The number of Topliss-reactive ketones (excluding diaryl/α,β-unsaturated/α-hetero) is 2. The highest BCUT2D eigenvalue weighted by Crippen LogP contribution is 2.66. The van der Waals surface area contributed by atoms with E-state index in [0.717, 1.165) is 51.4 Å². The third-order valence-corrected chi connectivity index (χ3v) is 24.8. The number of methoxy groups -OCH3 is 1. The van der Waals surface area contributed by atoms with Crippen molar-refractivity contribution in [1.29, 1.82) is 0 Å². The number of carbonyl (C=O) groups excluding carboxylic acids is 5. The molecule has 0 radical (unpaired) electrons. The number of carboxylic acid groups (broad SMARTS) is 1. The number of aliphatic carboxylic acids is 1. The van der Waals surface area contributed by atoms with Gasteiger partial charge in [0, 0.05) is 99.7 Å². The lowest BCUT2D eigenvalue weighted by Crippen LogP contribution is -2.50. The van der Waals surface area contributed by atoms with Gasteiger partial charge in [-0.2, -0.15) is 0 Å². The fourth-order valence-electron chi connectivity index (χ4n) is 13.7. The third-order valence-electron chi connectivity index (χ3n) is 19.1. The molecule has 2 aliphatic heterocycles. The Kier molecular flexibility index (Phi) is 20.8. The molecule has 6 rings (SSSR count). The van der Waals surface area contributed by atoms with Gasteiger partial charge < -0.3 is 19.6 Å². The van der Waals surface area contributed by atoms with Crippen LogP contribution in [0.3, 0.4) is 0 Å². The van der Waals surface area contributed by atoms with Crippen LogP contribution in [-0.4, -0.2) is 120 Å². The number of fused-ring (bicyclic) bond motifs is 2. The van der Waals surface area contributed by atoms with Crippen molar-refractivity contribution >= 4 is 92.2 Å². The highest BCUT2D eigenvalue weighted by molar-refractivity contribution is 15.0. The maximum atomic E-state index is 13.9. The number of likely N-dealkylation sites (tertiary alicyclic amines) is 2. The third kappa shape index (κ3) is 14.7. The number of halogens is 2. The molecule has 4 saturated carbocycles. The Balaban J connectivity index is 0.000000314. The molecule has 2 heterocycles. The number of amides is 2. The Bertz CT molecular complexity index is 2340. The quantitative estimate of drug-likeness (QED) is 0.113. The number of rotatable bonds is 16. The first-order valence-corrected chi connectivity index (χ1v) is 37.1. The predicted octanol–water partition coefficient (Wildman–Crippen LogP) is 11.3. The highest BCUT2D eigenvalue weighted by Gasteiger charge is 2.71. The molecule has 2 amide bonds. The fraction of sp³-hybridized carbons (Fsp3) is 0.895. The number of sulfone groups is 2. The smallest absolute Gasteiger partial charge is 0.328 e. The van der Waals surface area contributed by atoms with Crippen molar-refractivity contribution in [1.82, 2.24) is 9.80 Å². The first kappa shape index (κ1) is 66.1. The molecule has 0 spiro atoms. The molecule has 0 aromatic rings. The molecule has 75 heavy (non-hydrogen) atoms. The van der Waals surface area contributed by atoms with Gasteiger partial charge in [-0.15, -0.1) is 0 Å². The lowest BCUT2D eigenvalue weighted by Gasteiger charge is -2.40. The van der Waals surface area contributed by atoms with Gasteiger partial charge in [0.25, 0.3) is 0 Å². The van der Waals surface area contributed by atoms with Crippen LogP contribution in [0.4, 0.5) is 0 Å². The summed E-state index contributed by atoms with van der Waals surface area (Å²) in [5, 5.41) is 9.93. The molecule has 14 nitrogen and oxygen atoms in total. The van der Waals surface area contributed by atoms with Crippen molar-refractivity contribution in [2.45, 2.75) is 222 Å². The van der Waals surface area contributed by atoms with Crippen molar-refractivity contribution in [3.05, 3.63) is 0 Å². The summed E-state index contributed by atoms with van der Waals surface area (Å²) in [6, 6.07) is -1.46. The zero-order chi connectivity index (χ0) is 57.7. The zero-order valence-corrected chi connectivity index (χ0v) is 54.7. The molecule has 0 unspecified atom stereocenters. The molecule has 8 atom stereocenters. The Labute approximate surface area is 475 Å². The number of carboxylic acids is 1. The Morgan fingerprint density at radius 1 is 0.560 bits per heavy atom. The minimum atomic E-state index is -3.41. The van der Waals surface area contributed by atoms with Crippen LogP contribution in [0.15, 0.2) is 0 Å². The zero-order valence-electron chi connectivity index (χ0n) is 48.8. The largest absolute Gasteiger partial charge is 0.480 e. The monoisotopic (exact) mass is 1320 g/mol. The van der Waals surface area contributed by atoms with Crippen molar-refractivity contribution < 1.29 is 55.4 Å². The summed E-state index contributed by atoms with van der Waals surface area (Å²) in [6.45, 7) is 31.2. The molecule has 6 aliphatic rings. The van der Waals surface area contributed by atoms with Crippen molar-refractivity contribution in [3.8, 4) is 0 Å². The van der Waals surface area contributed by atoms with Gasteiger partial charge >= 0.3 is 11.9 Å². The number of ketones is 2. The van der Waals surface area contributed by atoms with E-state index in [2.05, 4.69) is 64.9 Å². The highest BCUT2D eigenvalue weighted by atomic mass is 128. The van der Waals surface area contributed by atoms with E-state index in [9.17, 15) is 50.7 Å². The van der Waals surface area contributed by atoms with Crippen molar-refractivity contribution in [2.24, 2.45) is 68.0 Å². The van der Waals surface area contributed by atoms with Crippen LogP contribution < -0.4 is 0 Å². The second-order valence-electron chi connectivity index (χ2n) is 29.2. The lowest BCUT2D eigenvalue weighted by molar-refractivity contribution is -0.156. The van der Waals surface area contributed by atoms with Crippen LogP contribution in [-0.2, 0) is 53.2 Å². The van der Waals surface area contributed by atoms with Crippen molar-refractivity contribution in [2.75, 3.05) is 31.7 Å². The van der Waals surface area contributed by atoms with E-state index in [1.807, 2.05) is 41.5 Å². The molecule has 0 aromatic heterocycles. The number of piperidine rings is 2. The Morgan fingerprint density at radius 3 is 1.15 bits per heavy atom. The first-order chi connectivity index (χ1) is 34.0. The van der Waals surface area contributed by atoms with Crippen LogP contribution in [0.25, 0.3) is 0 Å². The SMILES string of the molecule is CC(C)(C)[C@H](CC(=O)CC1(CS(=O)(=O)C(C)(C)C)CCCCC1)C(=O)N1C[C@H]2[C@@H]([C@H]1C(=O)O)C2(C)C.COC(=O)[C@@H]1[C@@H]2[C@H](CN1C(=O)[C@@H](CC(=O)CC1(CS(=O)(=O)C(C)(C)C)CCCCC1)C(C)(C)C)C2(C)C.II. The standard InChI is InChI=1S/C29H49NO6S.C28H47NO6S.I2/c1-26(2,3)20(24(32)30-17-21-22(28(21,7)8)23(30)25(33)36-9)15-19(31)16-29(13-11-10-12-14-29)18-37(34,35)27(4,5)6;1-25(2,3)19(23(31)29-16-20-21(27(20,7)8)22(29)24(32)33)14-18(30)15-28(12-10-9-11-13-28)17-36(34,35)26(4,5)6;1-2/h20-23H,10-18H2,1-9H3;19-22H,9-17H2,1-8H3,(H,32,33);/t20-,21+,22+,23+;19-,20+,21+,22+;/m11./s1. The van der Waals surface area contributed by atoms with Crippen molar-refractivity contribution in [3.63, 3.8) is 0 Å². The predicted molar refractivity (Wildman–Crippen MR) is 313 cm³/mol. The maximum absolute atomic E-state index is 13.9. The molecule has 0 bridgehead atoms. The second kappa shape index (κ2) is 23.6. The van der Waals surface area contributed by atoms with Crippen LogP contribution >= 0.6 is 37.2 Å². The van der Waals surface area contributed by atoms with Gasteiger partial charge in [-0.3, -0.25) is 19.2 Å². The summed E-state index contributed by atoms with van der Waals surface area (Å²) in [6.07, 6.45) is 8.99. The van der Waals surface area contributed by atoms with Gasteiger partial charge in [-0.05, 0) is 112 Å². The van der Waals surface area contributed by atoms with Crippen LogP contribution in [0.2, 0.25) is 0 Å². The first-order valence-electron chi connectivity index (χ1n) is 27.5. The lowest BCUT2D eigenvalue weighted by atomic mass is 9.70.